The quantitative estimate of drug-likeness (QED) is 0.264. The van der Waals surface area contributed by atoms with Crippen LogP contribution in [0.4, 0.5) is 0 Å². The lowest BCUT2D eigenvalue weighted by Crippen LogP contribution is -2.53. The molecule has 0 aliphatic heterocycles. The van der Waals surface area contributed by atoms with Crippen LogP contribution in [0.25, 0.3) is 0 Å². The SMILES string of the molecule is CCCNCCC(C)(C(O)NO)S(C)(=O)=O. The molecule has 0 aromatic heterocycles. The summed E-state index contributed by atoms with van der Waals surface area (Å²) >= 11 is 0. The predicted molar refractivity (Wildman–Crippen MR) is 62.0 cm³/mol. The number of nitrogens with one attached hydrogen (secondary N) is 2. The van der Waals surface area contributed by atoms with Crippen molar-refractivity contribution >= 4 is 9.84 Å². The maximum Gasteiger partial charge on any atom is 0.156 e. The molecule has 0 aromatic rings. The Morgan fingerprint density at radius 1 is 1.38 bits per heavy atom. The molecule has 0 radical (unpaired) electrons. The molecule has 0 bridgehead atoms. The average molecular weight is 254 g/mol. The summed E-state index contributed by atoms with van der Waals surface area (Å²) in [6.07, 6.45) is 0.732. The zero-order chi connectivity index (χ0) is 12.8. The molecule has 0 spiro atoms. The lowest BCUT2D eigenvalue weighted by molar-refractivity contribution is -0.0222. The van der Waals surface area contributed by atoms with Gasteiger partial charge < -0.3 is 15.6 Å². The molecular formula is C9H22N2O4S. The van der Waals surface area contributed by atoms with E-state index in [1.807, 2.05) is 6.92 Å². The van der Waals surface area contributed by atoms with Crippen LogP contribution >= 0.6 is 0 Å². The number of sulfone groups is 1. The molecule has 0 rings (SSSR count). The number of hydroxylamine groups is 1. The normalized spacial score (nSPS) is 18.1. The molecule has 4 N–H and O–H groups in total. The van der Waals surface area contributed by atoms with Gasteiger partial charge in [0.2, 0.25) is 0 Å². The molecule has 0 aliphatic carbocycles. The number of rotatable bonds is 8. The van der Waals surface area contributed by atoms with E-state index in [1.54, 1.807) is 5.48 Å². The van der Waals surface area contributed by atoms with E-state index in [0.29, 0.717) is 6.54 Å². The van der Waals surface area contributed by atoms with Crippen molar-refractivity contribution in [2.75, 3.05) is 19.3 Å². The summed E-state index contributed by atoms with van der Waals surface area (Å²) in [5.74, 6) is 0. The molecule has 2 unspecified atom stereocenters. The van der Waals surface area contributed by atoms with E-state index in [-0.39, 0.29) is 6.42 Å². The summed E-state index contributed by atoms with van der Waals surface area (Å²) in [4.78, 5) is 0. The van der Waals surface area contributed by atoms with E-state index < -0.39 is 20.8 Å². The van der Waals surface area contributed by atoms with E-state index >= 15 is 0 Å². The van der Waals surface area contributed by atoms with Gasteiger partial charge in [0.15, 0.2) is 9.84 Å². The van der Waals surface area contributed by atoms with E-state index in [4.69, 9.17) is 5.21 Å². The summed E-state index contributed by atoms with van der Waals surface area (Å²) in [6.45, 7) is 4.68. The molecule has 98 valence electrons. The van der Waals surface area contributed by atoms with Gasteiger partial charge in [-0.3, -0.25) is 0 Å². The maximum absolute atomic E-state index is 11.6. The Bertz CT molecular complexity index is 294. The first kappa shape index (κ1) is 15.8. The van der Waals surface area contributed by atoms with E-state index in [2.05, 4.69) is 5.32 Å². The summed E-state index contributed by atoms with van der Waals surface area (Å²) < 4.78 is 21.8. The standard InChI is InChI=1S/C9H22N2O4S/c1-4-6-10-7-5-9(2,8(12)11-13)16(3,14)15/h8,10-13H,4-7H2,1-3H3. The Morgan fingerprint density at radius 3 is 2.31 bits per heavy atom. The van der Waals surface area contributed by atoms with Crippen LogP contribution in [0.2, 0.25) is 0 Å². The highest BCUT2D eigenvalue weighted by atomic mass is 32.2. The molecule has 6 nitrogen and oxygen atoms in total. The first-order valence-corrected chi connectivity index (χ1v) is 7.16. The average Bonchev–Trinajstić information content (AvgIpc) is 2.21. The van der Waals surface area contributed by atoms with Crippen molar-refractivity contribution in [2.45, 2.75) is 37.7 Å². The van der Waals surface area contributed by atoms with Crippen LogP contribution in [0.15, 0.2) is 0 Å². The fourth-order valence-corrected chi connectivity index (χ4v) is 2.23. The topological polar surface area (TPSA) is 98.7 Å². The van der Waals surface area contributed by atoms with Crippen LogP contribution in [0.3, 0.4) is 0 Å². The smallest absolute Gasteiger partial charge is 0.156 e. The zero-order valence-corrected chi connectivity index (χ0v) is 10.8. The fourth-order valence-electron chi connectivity index (χ4n) is 1.30. The number of hydrogen-bond acceptors (Lipinski definition) is 6. The molecule has 0 amide bonds. The van der Waals surface area contributed by atoms with Crippen LogP contribution in [-0.4, -0.2) is 49.1 Å². The van der Waals surface area contributed by atoms with Crippen molar-refractivity contribution < 1.29 is 18.7 Å². The summed E-state index contributed by atoms with van der Waals surface area (Å²) in [6, 6.07) is 0. The van der Waals surface area contributed by atoms with Gasteiger partial charge in [-0.2, -0.15) is 5.48 Å². The Labute approximate surface area is 96.9 Å². The van der Waals surface area contributed by atoms with Crippen LogP contribution in [0.1, 0.15) is 26.7 Å². The second-order valence-corrected chi connectivity index (χ2v) is 6.59. The molecule has 2 atom stereocenters. The first-order valence-electron chi connectivity index (χ1n) is 5.27. The van der Waals surface area contributed by atoms with Gasteiger partial charge in [0, 0.05) is 6.26 Å². The largest absolute Gasteiger partial charge is 0.375 e. The maximum atomic E-state index is 11.6. The number of aliphatic hydroxyl groups is 1. The van der Waals surface area contributed by atoms with E-state index in [9.17, 15) is 13.5 Å². The minimum absolute atomic E-state index is 0.223. The molecular weight excluding hydrogens is 232 g/mol. The number of aliphatic hydroxyl groups excluding tert-OH is 1. The van der Waals surface area contributed by atoms with Crippen LogP contribution < -0.4 is 10.8 Å². The number of hydrogen-bond donors (Lipinski definition) is 4. The van der Waals surface area contributed by atoms with Gasteiger partial charge in [0.05, 0.1) is 0 Å². The van der Waals surface area contributed by atoms with Crippen LogP contribution in [0.5, 0.6) is 0 Å². The molecule has 0 aromatic carbocycles. The molecule has 0 aliphatic rings. The monoisotopic (exact) mass is 254 g/mol. The van der Waals surface area contributed by atoms with Gasteiger partial charge in [-0.05, 0) is 32.9 Å². The van der Waals surface area contributed by atoms with Gasteiger partial charge >= 0.3 is 0 Å². The first-order chi connectivity index (χ1) is 7.29. The lowest BCUT2D eigenvalue weighted by Gasteiger charge is -2.31. The van der Waals surface area contributed by atoms with Crippen molar-refractivity contribution in [3.63, 3.8) is 0 Å². The third-order valence-electron chi connectivity index (χ3n) is 2.77. The second kappa shape index (κ2) is 6.51. The third kappa shape index (κ3) is 3.99. The minimum atomic E-state index is -3.48. The Hall–Kier alpha value is -0.210. The minimum Gasteiger partial charge on any atom is -0.375 e. The Morgan fingerprint density at radius 2 is 1.94 bits per heavy atom. The second-order valence-electron chi connectivity index (χ2n) is 4.12. The highest BCUT2D eigenvalue weighted by Gasteiger charge is 2.42. The summed E-state index contributed by atoms with van der Waals surface area (Å²) in [5, 5.41) is 21.2. The molecule has 0 heterocycles. The van der Waals surface area contributed by atoms with Crippen molar-refractivity contribution in [3.05, 3.63) is 0 Å². The highest BCUT2D eigenvalue weighted by Crippen LogP contribution is 2.23. The molecule has 0 saturated heterocycles. The van der Waals surface area contributed by atoms with Gasteiger partial charge in [0.25, 0.3) is 0 Å². The summed E-state index contributed by atoms with van der Waals surface area (Å²) in [5.41, 5.74) is 1.60. The van der Waals surface area contributed by atoms with Gasteiger partial charge in [-0.1, -0.05) is 6.92 Å². The van der Waals surface area contributed by atoms with Gasteiger partial charge in [-0.15, -0.1) is 0 Å². The molecule has 16 heavy (non-hydrogen) atoms. The molecule has 7 heteroatoms. The van der Waals surface area contributed by atoms with E-state index in [1.165, 1.54) is 6.92 Å². The summed E-state index contributed by atoms with van der Waals surface area (Å²) in [7, 11) is -3.48. The van der Waals surface area contributed by atoms with Gasteiger partial charge in [-0.25, -0.2) is 8.42 Å². The Balaban J connectivity index is 4.57. The van der Waals surface area contributed by atoms with Crippen molar-refractivity contribution in [2.24, 2.45) is 0 Å². The predicted octanol–water partition coefficient (Wildman–Crippen LogP) is -0.523. The molecule has 0 fully saturated rings. The fraction of sp³-hybridized carbons (Fsp3) is 1.00. The molecule has 0 saturated carbocycles. The third-order valence-corrected chi connectivity index (χ3v) is 4.89. The van der Waals surface area contributed by atoms with Crippen molar-refractivity contribution in [1.82, 2.24) is 10.8 Å². The van der Waals surface area contributed by atoms with E-state index in [0.717, 1.165) is 19.2 Å². The van der Waals surface area contributed by atoms with Crippen molar-refractivity contribution in [1.29, 1.82) is 0 Å². The van der Waals surface area contributed by atoms with Crippen molar-refractivity contribution in [3.8, 4) is 0 Å². The lowest BCUT2D eigenvalue weighted by atomic mass is 10.1. The Kier molecular flexibility index (Phi) is 6.42. The highest BCUT2D eigenvalue weighted by molar-refractivity contribution is 7.92. The van der Waals surface area contributed by atoms with Gasteiger partial charge in [0.1, 0.15) is 11.0 Å². The van der Waals surface area contributed by atoms with Crippen LogP contribution in [0, 0.1) is 0 Å². The zero-order valence-electron chi connectivity index (χ0n) is 10.0. The van der Waals surface area contributed by atoms with Crippen LogP contribution in [-0.2, 0) is 9.84 Å².